The van der Waals surface area contributed by atoms with Gasteiger partial charge in [0, 0.05) is 21.0 Å². The zero-order valence-corrected chi connectivity index (χ0v) is 10.9. The first-order valence-electron chi connectivity index (χ1n) is 5.71. The van der Waals surface area contributed by atoms with E-state index in [1.807, 2.05) is 0 Å². The largest absolute Gasteiger partial charge is 0.463 e. The van der Waals surface area contributed by atoms with Gasteiger partial charge in [-0.05, 0) is 0 Å². The summed E-state index contributed by atoms with van der Waals surface area (Å²) in [4.78, 5) is 21.6. The van der Waals surface area contributed by atoms with Crippen molar-refractivity contribution in [3.05, 3.63) is 0 Å². The summed E-state index contributed by atoms with van der Waals surface area (Å²) in [6, 6.07) is 0. The number of hydrogen-bond acceptors (Lipinski definition) is 8. The lowest BCUT2D eigenvalue weighted by Crippen LogP contribution is -2.60. The number of hydrogen-bond donors (Lipinski definition) is 2. The fourth-order valence-corrected chi connectivity index (χ4v) is 1.75. The molecule has 1 heterocycles. The Bertz CT molecular complexity index is 327. The van der Waals surface area contributed by atoms with Gasteiger partial charge < -0.3 is 29.2 Å². The van der Waals surface area contributed by atoms with Crippen molar-refractivity contribution in [3.8, 4) is 0 Å². The molecule has 8 nitrogen and oxygen atoms in total. The summed E-state index contributed by atoms with van der Waals surface area (Å²) in [5.74, 6) is -1.18. The van der Waals surface area contributed by atoms with E-state index in [0.717, 1.165) is 6.92 Å². The maximum Gasteiger partial charge on any atom is 0.303 e. The van der Waals surface area contributed by atoms with Gasteiger partial charge in [-0.1, -0.05) is 0 Å². The highest BCUT2D eigenvalue weighted by molar-refractivity contribution is 5.66. The van der Waals surface area contributed by atoms with Crippen molar-refractivity contribution in [1.82, 2.24) is 0 Å². The van der Waals surface area contributed by atoms with Gasteiger partial charge in [0.15, 0.2) is 12.4 Å². The Morgan fingerprint density at radius 3 is 2.26 bits per heavy atom. The Balaban J connectivity index is 2.72. The van der Waals surface area contributed by atoms with Gasteiger partial charge in [-0.2, -0.15) is 0 Å². The third-order valence-electron chi connectivity index (χ3n) is 2.63. The molecule has 0 aromatic carbocycles. The summed E-state index contributed by atoms with van der Waals surface area (Å²) in [6.45, 7) is 2.14. The maximum absolute atomic E-state index is 10.9. The summed E-state index contributed by atoms with van der Waals surface area (Å²) in [5.41, 5.74) is 0. The lowest BCUT2D eigenvalue weighted by Gasteiger charge is -2.40. The molecule has 1 aliphatic heterocycles. The minimum absolute atomic E-state index is 0.236. The Labute approximate surface area is 110 Å². The zero-order valence-electron chi connectivity index (χ0n) is 10.9. The summed E-state index contributed by atoms with van der Waals surface area (Å²) < 4.78 is 19.8. The molecule has 0 aromatic rings. The van der Waals surface area contributed by atoms with Crippen LogP contribution in [0.2, 0.25) is 0 Å². The minimum atomic E-state index is -1.40. The number of esters is 2. The molecule has 0 amide bonds. The monoisotopic (exact) mass is 278 g/mol. The molecule has 1 rings (SSSR count). The Kier molecular flexibility index (Phi) is 5.67. The topological polar surface area (TPSA) is 112 Å². The van der Waals surface area contributed by atoms with Crippen LogP contribution in [-0.4, -0.2) is 66.6 Å². The SMILES string of the molecule is COC1OC(COC(C)=O)C(O)C(O)C1OC(C)=O. The highest BCUT2D eigenvalue weighted by Crippen LogP contribution is 2.24. The van der Waals surface area contributed by atoms with Crippen LogP contribution in [0, 0.1) is 0 Å². The third-order valence-corrected chi connectivity index (χ3v) is 2.63. The van der Waals surface area contributed by atoms with Crippen LogP contribution in [0.25, 0.3) is 0 Å². The molecule has 8 heteroatoms. The van der Waals surface area contributed by atoms with Gasteiger partial charge >= 0.3 is 11.9 Å². The lowest BCUT2D eigenvalue weighted by atomic mass is 9.99. The van der Waals surface area contributed by atoms with E-state index in [1.54, 1.807) is 0 Å². The average Bonchev–Trinajstić information content (AvgIpc) is 2.33. The van der Waals surface area contributed by atoms with Gasteiger partial charge in [0.2, 0.25) is 0 Å². The van der Waals surface area contributed by atoms with Crippen molar-refractivity contribution in [2.75, 3.05) is 13.7 Å². The van der Waals surface area contributed by atoms with Gasteiger partial charge in [0.05, 0.1) is 0 Å². The molecule has 1 aliphatic rings. The molecule has 5 unspecified atom stereocenters. The fourth-order valence-electron chi connectivity index (χ4n) is 1.75. The quantitative estimate of drug-likeness (QED) is 0.602. The van der Waals surface area contributed by atoms with Crippen LogP contribution in [-0.2, 0) is 28.5 Å². The summed E-state index contributed by atoms with van der Waals surface area (Å²) >= 11 is 0. The highest BCUT2D eigenvalue weighted by Gasteiger charge is 2.47. The highest BCUT2D eigenvalue weighted by atomic mass is 16.7. The van der Waals surface area contributed by atoms with Crippen molar-refractivity contribution in [1.29, 1.82) is 0 Å². The molecule has 0 radical (unpaired) electrons. The molecule has 19 heavy (non-hydrogen) atoms. The minimum Gasteiger partial charge on any atom is -0.463 e. The van der Waals surface area contributed by atoms with Crippen LogP contribution in [0.3, 0.4) is 0 Å². The van der Waals surface area contributed by atoms with Crippen LogP contribution in [0.1, 0.15) is 13.8 Å². The molecule has 0 spiro atoms. The summed E-state index contributed by atoms with van der Waals surface area (Å²) in [6.07, 6.45) is -5.93. The smallest absolute Gasteiger partial charge is 0.303 e. The molecule has 5 atom stereocenters. The predicted molar refractivity (Wildman–Crippen MR) is 59.9 cm³/mol. The normalized spacial score (nSPS) is 34.7. The number of methoxy groups -OCH3 is 1. The van der Waals surface area contributed by atoms with Gasteiger partial charge in [0.25, 0.3) is 0 Å². The number of ether oxygens (including phenoxy) is 4. The molecule has 2 N–H and O–H groups in total. The van der Waals surface area contributed by atoms with Crippen molar-refractivity contribution in [2.24, 2.45) is 0 Å². The van der Waals surface area contributed by atoms with Crippen molar-refractivity contribution < 1.29 is 38.7 Å². The van der Waals surface area contributed by atoms with Crippen LogP contribution < -0.4 is 0 Å². The van der Waals surface area contributed by atoms with Gasteiger partial charge in [0.1, 0.15) is 24.9 Å². The first-order chi connectivity index (χ1) is 8.86. The molecular weight excluding hydrogens is 260 g/mol. The van der Waals surface area contributed by atoms with Crippen LogP contribution in [0.4, 0.5) is 0 Å². The van der Waals surface area contributed by atoms with E-state index in [0.29, 0.717) is 0 Å². The lowest BCUT2D eigenvalue weighted by molar-refractivity contribution is -0.298. The van der Waals surface area contributed by atoms with E-state index >= 15 is 0 Å². The van der Waals surface area contributed by atoms with Crippen LogP contribution in [0.15, 0.2) is 0 Å². The fraction of sp³-hybridized carbons (Fsp3) is 0.818. The molecule has 1 fully saturated rings. The van der Waals surface area contributed by atoms with Gasteiger partial charge in [-0.15, -0.1) is 0 Å². The molecule has 0 aliphatic carbocycles. The molecule has 110 valence electrons. The maximum atomic E-state index is 10.9. The number of aliphatic hydroxyl groups excluding tert-OH is 2. The zero-order chi connectivity index (χ0) is 14.6. The molecule has 0 saturated carbocycles. The second-order valence-electron chi connectivity index (χ2n) is 4.14. The van der Waals surface area contributed by atoms with Crippen LogP contribution >= 0.6 is 0 Å². The van der Waals surface area contributed by atoms with Crippen LogP contribution in [0.5, 0.6) is 0 Å². The number of rotatable bonds is 4. The Morgan fingerprint density at radius 1 is 1.16 bits per heavy atom. The van der Waals surface area contributed by atoms with Gasteiger partial charge in [-0.25, -0.2) is 0 Å². The second kappa shape index (κ2) is 6.80. The van der Waals surface area contributed by atoms with Crippen molar-refractivity contribution >= 4 is 11.9 Å². The number of carbonyl (C=O) groups excluding carboxylic acids is 2. The Hall–Kier alpha value is -1.22. The summed E-state index contributed by atoms with van der Waals surface area (Å²) in [5, 5.41) is 19.7. The van der Waals surface area contributed by atoms with E-state index < -0.39 is 42.6 Å². The van der Waals surface area contributed by atoms with E-state index in [9.17, 15) is 19.8 Å². The van der Waals surface area contributed by atoms with E-state index in [1.165, 1.54) is 14.0 Å². The van der Waals surface area contributed by atoms with Crippen molar-refractivity contribution in [2.45, 2.75) is 44.6 Å². The number of aliphatic hydroxyl groups is 2. The van der Waals surface area contributed by atoms with Gasteiger partial charge in [-0.3, -0.25) is 9.59 Å². The van der Waals surface area contributed by atoms with E-state index in [2.05, 4.69) is 0 Å². The van der Waals surface area contributed by atoms with Crippen molar-refractivity contribution in [3.63, 3.8) is 0 Å². The molecule has 0 bridgehead atoms. The summed E-state index contributed by atoms with van der Waals surface area (Å²) in [7, 11) is 1.30. The molecule has 0 aromatic heterocycles. The predicted octanol–water partition coefficient (Wildman–Crippen LogP) is -1.43. The molecule has 1 saturated heterocycles. The molecular formula is C11H18O8. The third kappa shape index (κ3) is 4.13. The van der Waals surface area contributed by atoms with E-state index in [-0.39, 0.29) is 6.61 Å². The average molecular weight is 278 g/mol. The van der Waals surface area contributed by atoms with E-state index in [4.69, 9.17) is 18.9 Å². The Morgan fingerprint density at radius 2 is 1.79 bits per heavy atom. The first-order valence-corrected chi connectivity index (χ1v) is 5.71. The number of carbonyl (C=O) groups is 2. The second-order valence-corrected chi connectivity index (χ2v) is 4.14. The first kappa shape index (κ1) is 15.8. The standard InChI is InChI=1S/C11H18O8/c1-5(12)17-4-7-8(14)9(15)10(18-6(2)13)11(16-3)19-7/h7-11,14-15H,4H2,1-3H3.